The SMILES string of the molecule is CS[C@@H]1CN(C(=O)c2ccccc2)C[C@H]1N. The summed E-state index contributed by atoms with van der Waals surface area (Å²) in [5, 5.41) is 0.368. The normalized spacial score (nSPS) is 24.8. The average Bonchev–Trinajstić information content (AvgIpc) is 2.71. The highest BCUT2D eigenvalue weighted by molar-refractivity contribution is 7.99. The summed E-state index contributed by atoms with van der Waals surface area (Å²) < 4.78 is 0. The quantitative estimate of drug-likeness (QED) is 0.839. The minimum atomic E-state index is 0.0904. The fourth-order valence-electron chi connectivity index (χ4n) is 1.98. The van der Waals surface area contributed by atoms with Crippen LogP contribution < -0.4 is 5.73 Å². The van der Waals surface area contributed by atoms with Crippen molar-refractivity contribution >= 4 is 17.7 Å². The van der Waals surface area contributed by atoms with E-state index in [2.05, 4.69) is 0 Å². The Balaban J connectivity index is 2.08. The summed E-state index contributed by atoms with van der Waals surface area (Å²) in [6.07, 6.45) is 2.04. The number of nitrogens with two attached hydrogens (primary N) is 1. The molecule has 1 heterocycles. The predicted molar refractivity (Wildman–Crippen MR) is 67.6 cm³/mol. The topological polar surface area (TPSA) is 46.3 Å². The van der Waals surface area contributed by atoms with Crippen LogP contribution in [0.25, 0.3) is 0 Å². The first-order valence-corrected chi connectivity index (χ1v) is 6.64. The Morgan fingerprint density at radius 1 is 1.38 bits per heavy atom. The summed E-state index contributed by atoms with van der Waals surface area (Å²) >= 11 is 1.74. The highest BCUT2D eigenvalue weighted by Crippen LogP contribution is 2.21. The predicted octanol–water partition coefficient (Wildman–Crippen LogP) is 1.20. The van der Waals surface area contributed by atoms with Gasteiger partial charge in [-0.2, -0.15) is 11.8 Å². The van der Waals surface area contributed by atoms with Crippen molar-refractivity contribution < 1.29 is 4.79 Å². The molecule has 0 aliphatic carbocycles. The van der Waals surface area contributed by atoms with Gasteiger partial charge in [-0.25, -0.2) is 0 Å². The maximum Gasteiger partial charge on any atom is 0.253 e. The molecule has 16 heavy (non-hydrogen) atoms. The van der Waals surface area contributed by atoms with Crippen LogP contribution in [-0.2, 0) is 0 Å². The van der Waals surface area contributed by atoms with Gasteiger partial charge >= 0.3 is 0 Å². The van der Waals surface area contributed by atoms with Crippen LogP contribution in [0.4, 0.5) is 0 Å². The van der Waals surface area contributed by atoms with E-state index in [4.69, 9.17) is 5.73 Å². The minimum absolute atomic E-state index is 0.0904. The van der Waals surface area contributed by atoms with Gasteiger partial charge in [0.2, 0.25) is 0 Å². The van der Waals surface area contributed by atoms with Crippen LogP contribution in [-0.4, -0.2) is 41.4 Å². The van der Waals surface area contributed by atoms with Crippen molar-refractivity contribution in [2.45, 2.75) is 11.3 Å². The van der Waals surface area contributed by atoms with Crippen molar-refractivity contribution in [3.05, 3.63) is 35.9 Å². The van der Waals surface area contributed by atoms with E-state index in [-0.39, 0.29) is 11.9 Å². The molecule has 0 radical (unpaired) electrons. The Morgan fingerprint density at radius 3 is 2.62 bits per heavy atom. The molecule has 0 unspecified atom stereocenters. The monoisotopic (exact) mass is 236 g/mol. The zero-order valence-corrected chi connectivity index (χ0v) is 10.1. The largest absolute Gasteiger partial charge is 0.336 e. The third-order valence-corrected chi connectivity index (χ3v) is 4.02. The van der Waals surface area contributed by atoms with E-state index >= 15 is 0 Å². The first-order chi connectivity index (χ1) is 7.72. The van der Waals surface area contributed by atoms with Gasteiger partial charge in [0.1, 0.15) is 0 Å². The van der Waals surface area contributed by atoms with Gasteiger partial charge in [-0.05, 0) is 18.4 Å². The van der Waals surface area contributed by atoms with E-state index in [1.807, 2.05) is 41.5 Å². The number of hydrogen-bond acceptors (Lipinski definition) is 3. The molecule has 2 rings (SSSR count). The van der Waals surface area contributed by atoms with Crippen LogP contribution in [0, 0.1) is 0 Å². The summed E-state index contributed by atoms with van der Waals surface area (Å²) in [5.74, 6) is 0.0904. The molecule has 0 aromatic heterocycles. The molecule has 2 atom stereocenters. The first kappa shape index (κ1) is 11.5. The van der Waals surface area contributed by atoms with E-state index in [1.54, 1.807) is 11.8 Å². The fourth-order valence-corrected chi connectivity index (χ4v) is 2.74. The average molecular weight is 236 g/mol. The van der Waals surface area contributed by atoms with Crippen molar-refractivity contribution in [3.63, 3.8) is 0 Å². The molecule has 1 amide bonds. The van der Waals surface area contributed by atoms with E-state index in [0.717, 1.165) is 12.1 Å². The summed E-state index contributed by atoms with van der Waals surface area (Å²) in [7, 11) is 0. The van der Waals surface area contributed by atoms with Crippen LogP contribution in [0.3, 0.4) is 0 Å². The lowest BCUT2D eigenvalue weighted by molar-refractivity contribution is 0.0791. The molecule has 1 aromatic carbocycles. The van der Waals surface area contributed by atoms with Gasteiger partial charge in [0, 0.05) is 29.9 Å². The van der Waals surface area contributed by atoms with Crippen LogP contribution in [0.1, 0.15) is 10.4 Å². The van der Waals surface area contributed by atoms with Crippen LogP contribution in [0.15, 0.2) is 30.3 Å². The third kappa shape index (κ3) is 2.23. The fraction of sp³-hybridized carbons (Fsp3) is 0.417. The number of carbonyl (C=O) groups excluding carboxylic acids is 1. The molecule has 3 nitrogen and oxygen atoms in total. The molecule has 1 aromatic rings. The lowest BCUT2D eigenvalue weighted by atomic mass is 10.2. The Hall–Kier alpha value is -1.00. The maximum atomic E-state index is 12.1. The van der Waals surface area contributed by atoms with Crippen molar-refractivity contribution in [2.75, 3.05) is 19.3 Å². The van der Waals surface area contributed by atoms with E-state index < -0.39 is 0 Å². The van der Waals surface area contributed by atoms with E-state index in [0.29, 0.717) is 11.8 Å². The summed E-state index contributed by atoms with van der Waals surface area (Å²) in [4.78, 5) is 14.0. The molecular weight excluding hydrogens is 220 g/mol. The number of carbonyl (C=O) groups is 1. The zero-order valence-electron chi connectivity index (χ0n) is 9.30. The second-order valence-electron chi connectivity index (χ2n) is 4.01. The van der Waals surface area contributed by atoms with Gasteiger partial charge in [0.25, 0.3) is 5.91 Å². The number of thioether (sulfide) groups is 1. The Kier molecular flexibility index (Phi) is 3.51. The molecule has 4 heteroatoms. The number of benzene rings is 1. The Bertz CT molecular complexity index is 369. The van der Waals surface area contributed by atoms with Gasteiger partial charge in [-0.1, -0.05) is 18.2 Å². The second-order valence-corrected chi connectivity index (χ2v) is 5.09. The first-order valence-electron chi connectivity index (χ1n) is 5.35. The van der Waals surface area contributed by atoms with Gasteiger partial charge in [-0.15, -0.1) is 0 Å². The molecule has 1 aliphatic heterocycles. The zero-order chi connectivity index (χ0) is 11.5. The van der Waals surface area contributed by atoms with Crippen molar-refractivity contribution in [1.82, 2.24) is 4.90 Å². The molecule has 1 aliphatic rings. The molecular formula is C12H16N2OS. The lowest BCUT2D eigenvalue weighted by Crippen LogP contribution is -2.32. The van der Waals surface area contributed by atoms with Crippen LogP contribution in [0.2, 0.25) is 0 Å². The molecule has 1 fully saturated rings. The van der Waals surface area contributed by atoms with E-state index in [1.165, 1.54) is 0 Å². The smallest absolute Gasteiger partial charge is 0.253 e. The highest BCUT2D eigenvalue weighted by Gasteiger charge is 2.32. The number of hydrogen-bond donors (Lipinski definition) is 1. The van der Waals surface area contributed by atoms with Gasteiger partial charge in [0.05, 0.1) is 0 Å². The third-order valence-electron chi connectivity index (χ3n) is 2.92. The molecule has 0 saturated carbocycles. The molecule has 86 valence electrons. The number of likely N-dealkylation sites (tertiary alicyclic amines) is 1. The summed E-state index contributed by atoms with van der Waals surface area (Å²) in [5.41, 5.74) is 6.73. The van der Waals surface area contributed by atoms with E-state index in [9.17, 15) is 4.79 Å². The minimum Gasteiger partial charge on any atom is -0.336 e. The molecule has 0 spiro atoms. The molecule has 2 N–H and O–H groups in total. The number of rotatable bonds is 2. The Morgan fingerprint density at radius 2 is 2.06 bits per heavy atom. The Labute approximate surface area is 100.0 Å². The molecule has 1 saturated heterocycles. The summed E-state index contributed by atoms with van der Waals surface area (Å²) in [6.45, 7) is 1.43. The standard InChI is InChI=1S/C12H16N2OS/c1-16-11-8-14(7-10(11)13)12(15)9-5-3-2-4-6-9/h2-6,10-11H,7-8,13H2,1H3/t10-,11-/m1/s1. The van der Waals surface area contributed by atoms with Gasteiger partial charge < -0.3 is 10.6 Å². The highest BCUT2D eigenvalue weighted by atomic mass is 32.2. The van der Waals surface area contributed by atoms with Crippen LogP contribution in [0.5, 0.6) is 0 Å². The molecule has 0 bridgehead atoms. The van der Waals surface area contributed by atoms with Gasteiger partial charge in [0.15, 0.2) is 0 Å². The number of amides is 1. The maximum absolute atomic E-state index is 12.1. The second kappa shape index (κ2) is 4.89. The number of nitrogens with zero attached hydrogens (tertiary/aromatic N) is 1. The van der Waals surface area contributed by atoms with Gasteiger partial charge in [-0.3, -0.25) is 4.79 Å². The van der Waals surface area contributed by atoms with Crippen molar-refractivity contribution in [1.29, 1.82) is 0 Å². The lowest BCUT2D eigenvalue weighted by Gasteiger charge is -2.15. The van der Waals surface area contributed by atoms with Crippen molar-refractivity contribution in [3.8, 4) is 0 Å². The van der Waals surface area contributed by atoms with Crippen LogP contribution >= 0.6 is 11.8 Å². The summed E-state index contributed by atoms with van der Waals surface area (Å²) in [6, 6.07) is 9.48. The van der Waals surface area contributed by atoms with Crippen molar-refractivity contribution in [2.24, 2.45) is 5.73 Å².